The van der Waals surface area contributed by atoms with Crippen molar-refractivity contribution in [1.82, 2.24) is 9.88 Å². The average Bonchev–Trinajstić information content (AvgIpc) is 2.37. The molecular weight excluding hydrogens is 280 g/mol. The van der Waals surface area contributed by atoms with Crippen molar-refractivity contribution < 1.29 is 0 Å². The summed E-state index contributed by atoms with van der Waals surface area (Å²) in [4.78, 5) is 9.99. The zero-order valence-electron chi connectivity index (χ0n) is 13.5. The molecule has 2 heterocycles. The van der Waals surface area contributed by atoms with Gasteiger partial charge in [-0.25, -0.2) is 4.98 Å². The maximum Gasteiger partial charge on any atom is 0.139 e. The Morgan fingerprint density at radius 2 is 1.90 bits per heavy atom. The number of nitrogens with zero attached hydrogens (tertiary/aromatic N) is 3. The number of hydrogen-bond acceptors (Lipinski definition) is 4. The minimum Gasteiger partial charge on any atom is -0.389 e. The average molecular weight is 306 g/mol. The lowest BCUT2D eigenvalue weighted by molar-refractivity contribution is 0.231. The van der Waals surface area contributed by atoms with Crippen molar-refractivity contribution in [2.24, 2.45) is 11.7 Å². The van der Waals surface area contributed by atoms with E-state index in [1.807, 2.05) is 13.0 Å². The maximum absolute atomic E-state index is 5.92. The Kier molecular flexibility index (Phi) is 5.17. The normalized spacial score (nSPS) is 16.5. The van der Waals surface area contributed by atoms with Crippen molar-refractivity contribution in [1.29, 1.82) is 0 Å². The SMILES string of the molecule is Cc1cc(C)c(C(N)=S)c(N2CCN(CC(C)C)CC2)n1. The summed E-state index contributed by atoms with van der Waals surface area (Å²) in [7, 11) is 0. The molecule has 0 aliphatic carbocycles. The largest absolute Gasteiger partial charge is 0.389 e. The highest BCUT2D eigenvalue weighted by Crippen LogP contribution is 2.24. The summed E-state index contributed by atoms with van der Waals surface area (Å²) in [5, 5.41) is 0. The molecule has 0 amide bonds. The van der Waals surface area contributed by atoms with Crippen LogP contribution in [0.25, 0.3) is 0 Å². The van der Waals surface area contributed by atoms with Crippen LogP contribution in [0.1, 0.15) is 30.7 Å². The second-order valence-corrected chi connectivity index (χ2v) is 6.76. The molecule has 116 valence electrons. The van der Waals surface area contributed by atoms with Crippen LogP contribution in [0.15, 0.2) is 6.07 Å². The number of rotatable bonds is 4. The Balaban J connectivity index is 2.18. The molecule has 1 aliphatic rings. The van der Waals surface area contributed by atoms with Crippen LogP contribution in [-0.4, -0.2) is 47.6 Å². The Morgan fingerprint density at radius 1 is 1.29 bits per heavy atom. The summed E-state index contributed by atoms with van der Waals surface area (Å²) in [5.41, 5.74) is 9.00. The molecule has 4 nitrogen and oxygen atoms in total. The highest BCUT2D eigenvalue weighted by Gasteiger charge is 2.22. The number of aryl methyl sites for hydroxylation is 2. The van der Waals surface area contributed by atoms with Gasteiger partial charge in [0, 0.05) is 38.4 Å². The van der Waals surface area contributed by atoms with Crippen molar-refractivity contribution in [2.75, 3.05) is 37.6 Å². The molecule has 0 unspecified atom stereocenters. The topological polar surface area (TPSA) is 45.4 Å². The van der Waals surface area contributed by atoms with E-state index in [4.69, 9.17) is 22.9 Å². The van der Waals surface area contributed by atoms with E-state index < -0.39 is 0 Å². The number of nitrogens with two attached hydrogens (primary N) is 1. The van der Waals surface area contributed by atoms with E-state index in [0.717, 1.165) is 55.4 Å². The molecule has 1 fully saturated rings. The first-order valence-electron chi connectivity index (χ1n) is 7.64. The van der Waals surface area contributed by atoms with Gasteiger partial charge < -0.3 is 10.6 Å². The summed E-state index contributed by atoms with van der Waals surface area (Å²) in [6, 6.07) is 2.05. The molecule has 0 aromatic carbocycles. The fraction of sp³-hybridized carbons (Fsp3) is 0.625. The highest BCUT2D eigenvalue weighted by atomic mass is 32.1. The second-order valence-electron chi connectivity index (χ2n) is 6.32. The van der Waals surface area contributed by atoms with Gasteiger partial charge in [-0.15, -0.1) is 0 Å². The van der Waals surface area contributed by atoms with Crippen LogP contribution in [0, 0.1) is 19.8 Å². The van der Waals surface area contributed by atoms with Crippen LogP contribution in [-0.2, 0) is 0 Å². The minimum absolute atomic E-state index is 0.444. The molecule has 2 rings (SSSR count). The van der Waals surface area contributed by atoms with Crippen LogP contribution >= 0.6 is 12.2 Å². The Hall–Kier alpha value is -1.20. The molecule has 0 spiro atoms. The fourth-order valence-electron chi connectivity index (χ4n) is 3.01. The van der Waals surface area contributed by atoms with Crippen LogP contribution < -0.4 is 10.6 Å². The van der Waals surface area contributed by atoms with E-state index in [0.29, 0.717) is 10.9 Å². The van der Waals surface area contributed by atoms with Gasteiger partial charge in [0.1, 0.15) is 10.8 Å². The first-order chi connectivity index (χ1) is 9.88. The Morgan fingerprint density at radius 3 is 2.43 bits per heavy atom. The van der Waals surface area contributed by atoms with Crippen LogP contribution in [0.5, 0.6) is 0 Å². The van der Waals surface area contributed by atoms with E-state index in [-0.39, 0.29) is 0 Å². The molecular formula is C16H26N4S. The monoisotopic (exact) mass is 306 g/mol. The first kappa shape index (κ1) is 16.2. The standard InChI is InChI=1S/C16H26N4S/c1-11(2)10-19-5-7-20(8-6-19)16-14(15(17)21)12(3)9-13(4)18-16/h9,11H,5-8,10H2,1-4H3,(H2,17,21). The number of anilines is 1. The Bertz CT molecular complexity index is 519. The van der Waals surface area contributed by atoms with Crippen molar-refractivity contribution in [3.63, 3.8) is 0 Å². The number of aromatic nitrogens is 1. The van der Waals surface area contributed by atoms with E-state index in [1.54, 1.807) is 0 Å². The smallest absolute Gasteiger partial charge is 0.139 e. The molecule has 5 heteroatoms. The van der Waals surface area contributed by atoms with Gasteiger partial charge in [-0.2, -0.15) is 0 Å². The lowest BCUT2D eigenvalue weighted by atomic mass is 10.1. The first-order valence-corrected chi connectivity index (χ1v) is 8.04. The Labute approximate surface area is 133 Å². The van der Waals surface area contributed by atoms with Crippen molar-refractivity contribution >= 4 is 23.0 Å². The van der Waals surface area contributed by atoms with E-state index in [2.05, 4.69) is 30.6 Å². The number of thiocarbonyl (C=S) groups is 1. The molecule has 0 radical (unpaired) electrons. The van der Waals surface area contributed by atoms with Crippen molar-refractivity contribution in [3.05, 3.63) is 22.9 Å². The van der Waals surface area contributed by atoms with Crippen molar-refractivity contribution in [3.8, 4) is 0 Å². The van der Waals surface area contributed by atoms with Gasteiger partial charge in [0.15, 0.2) is 0 Å². The zero-order valence-corrected chi connectivity index (χ0v) is 14.3. The van der Waals surface area contributed by atoms with E-state index in [9.17, 15) is 0 Å². The summed E-state index contributed by atoms with van der Waals surface area (Å²) < 4.78 is 0. The predicted octanol–water partition coefficient (Wildman–Crippen LogP) is 2.11. The molecule has 1 aromatic heterocycles. The van der Waals surface area contributed by atoms with Gasteiger partial charge in [0.25, 0.3) is 0 Å². The number of hydrogen-bond donors (Lipinski definition) is 1. The molecule has 0 bridgehead atoms. The third-order valence-corrected chi connectivity index (χ3v) is 4.07. The summed E-state index contributed by atoms with van der Waals surface area (Å²) >= 11 is 5.23. The zero-order chi connectivity index (χ0) is 15.6. The molecule has 2 N–H and O–H groups in total. The van der Waals surface area contributed by atoms with E-state index >= 15 is 0 Å². The van der Waals surface area contributed by atoms with Gasteiger partial charge in [0.05, 0.1) is 5.56 Å². The molecule has 1 aromatic rings. The maximum atomic E-state index is 5.92. The number of pyridine rings is 1. The molecule has 1 aliphatic heterocycles. The summed E-state index contributed by atoms with van der Waals surface area (Å²) in [6.07, 6.45) is 0. The molecule has 21 heavy (non-hydrogen) atoms. The molecule has 1 saturated heterocycles. The fourth-order valence-corrected chi connectivity index (χ4v) is 3.26. The van der Waals surface area contributed by atoms with Gasteiger partial charge in [-0.05, 0) is 31.4 Å². The minimum atomic E-state index is 0.444. The predicted molar refractivity (Wildman–Crippen MR) is 93.1 cm³/mol. The number of piperazine rings is 1. The van der Waals surface area contributed by atoms with Gasteiger partial charge in [0.2, 0.25) is 0 Å². The van der Waals surface area contributed by atoms with Gasteiger partial charge in [-0.3, -0.25) is 4.90 Å². The van der Waals surface area contributed by atoms with Crippen LogP contribution in [0.3, 0.4) is 0 Å². The summed E-state index contributed by atoms with van der Waals surface area (Å²) in [5.74, 6) is 1.67. The lowest BCUT2D eigenvalue weighted by Crippen LogP contribution is -2.48. The lowest BCUT2D eigenvalue weighted by Gasteiger charge is -2.37. The van der Waals surface area contributed by atoms with Crippen molar-refractivity contribution in [2.45, 2.75) is 27.7 Å². The molecule has 0 saturated carbocycles. The van der Waals surface area contributed by atoms with E-state index in [1.165, 1.54) is 0 Å². The third kappa shape index (κ3) is 3.92. The van der Waals surface area contributed by atoms with Gasteiger partial charge >= 0.3 is 0 Å². The third-order valence-electron chi connectivity index (χ3n) is 3.87. The second kappa shape index (κ2) is 6.71. The van der Waals surface area contributed by atoms with Gasteiger partial charge in [-0.1, -0.05) is 26.1 Å². The quantitative estimate of drug-likeness (QED) is 0.863. The highest BCUT2D eigenvalue weighted by molar-refractivity contribution is 7.80. The summed E-state index contributed by atoms with van der Waals surface area (Å²) in [6.45, 7) is 13.9. The van der Waals surface area contributed by atoms with Crippen LogP contribution in [0.2, 0.25) is 0 Å². The molecule has 0 atom stereocenters. The van der Waals surface area contributed by atoms with Crippen LogP contribution in [0.4, 0.5) is 5.82 Å².